The number of rotatable bonds is 3. The molecule has 0 atom stereocenters. The van der Waals surface area contributed by atoms with Gasteiger partial charge in [-0.1, -0.05) is 13.3 Å². The molecule has 0 N–H and O–H groups in total. The zero-order valence-corrected chi connectivity index (χ0v) is 6.87. The van der Waals surface area contributed by atoms with Crippen LogP contribution in [0.15, 0.2) is 6.20 Å². The van der Waals surface area contributed by atoms with Gasteiger partial charge in [0.25, 0.3) is 0 Å². The second kappa shape index (κ2) is 3.32. The number of carbonyl (C=O) groups is 1. The van der Waals surface area contributed by atoms with Gasteiger partial charge in [-0.15, -0.1) is 0 Å². The van der Waals surface area contributed by atoms with Crippen LogP contribution < -0.4 is 0 Å². The van der Waals surface area contributed by atoms with E-state index in [-0.39, 0.29) is 0 Å². The Bertz CT molecular complexity index is 253. The molecule has 0 aliphatic carbocycles. The van der Waals surface area contributed by atoms with Crippen molar-refractivity contribution in [2.75, 3.05) is 0 Å². The van der Waals surface area contributed by atoms with Gasteiger partial charge in [0.15, 0.2) is 6.29 Å². The van der Waals surface area contributed by atoms with Gasteiger partial charge >= 0.3 is 0 Å². The summed E-state index contributed by atoms with van der Waals surface area (Å²) >= 11 is 0. The molecular weight excluding hydrogens is 140 g/mol. The van der Waals surface area contributed by atoms with Gasteiger partial charge in [-0.2, -0.15) is 5.10 Å². The SMILES string of the molecule is CCCc1c(C=O)cnn1C. The van der Waals surface area contributed by atoms with Crippen molar-refractivity contribution in [2.24, 2.45) is 7.05 Å². The molecule has 0 aliphatic rings. The van der Waals surface area contributed by atoms with Crippen LogP contribution in [0.3, 0.4) is 0 Å². The number of nitrogens with zero attached hydrogens (tertiary/aromatic N) is 2. The maximum atomic E-state index is 10.5. The fourth-order valence-electron chi connectivity index (χ4n) is 1.12. The van der Waals surface area contributed by atoms with Crippen LogP contribution >= 0.6 is 0 Å². The Morgan fingerprint density at radius 3 is 3.00 bits per heavy atom. The molecule has 0 spiro atoms. The highest BCUT2D eigenvalue weighted by atomic mass is 16.1. The van der Waals surface area contributed by atoms with Gasteiger partial charge in [-0.3, -0.25) is 9.48 Å². The lowest BCUT2D eigenvalue weighted by atomic mass is 10.2. The quantitative estimate of drug-likeness (QED) is 0.610. The average Bonchev–Trinajstić information content (AvgIpc) is 2.34. The molecule has 0 radical (unpaired) electrons. The van der Waals surface area contributed by atoms with E-state index in [4.69, 9.17) is 0 Å². The molecule has 11 heavy (non-hydrogen) atoms. The fraction of sp³-hybridized carbons (Fsp3) is 0.500. The Hall–Kier alpha value is -1.12. The summed E-state index contributed by atoms with van der Waals surface area (Å²) in [7, 11) is 1.86. The van der Waals surface area contributed by atoms with Gasteiger partial charge in [0, 0.05) is 12.7 Å². The lowest BCUT2D eigenvalue weighted by molar-refractivity contribution is 0.112. The summed E-state index contributed by atoms with van der Waals surface area (Å²) in [6.07, 6.45) is 4.43. The lowest BCUT2D eigenvalue weighted by Crippen LogP contribution is -1.99. The van der Waals surface area contributed by atoms with Gasteiger partial charge in [-0.25, -0.2) is 0 Å². The molecule has 0 fully saturated rings. The molecule has 0 amide bonds. The molecule has 1 heterocycles. The number of aldehydes is 1. The highest BCUT2D eigenvalue weighted by Crippen LogP contribution is 2.06. The van der Waals surface area contributed by atoms with Gasteiger partial charge in [0.2, 0.25) is 0 Å². The van der Waals surface area contributed by atoms with E-state index >= 15 is 0 Å². The number of aromatic nitrogens is 2. The third-order valence-corrected chi connectivity index (χ3v) is 1.71. The van der Waals surface area contributed by atoms with Crippen molar-refractivity contribution in [1.82, 2.24) is 9.78 Å². The molecule has 1 aromatic rings. The van der Waals surface area contributed by atoms with E-state index in [1.807, 2.05) is 7.05 Å². The highest BCUT2D eigenvalue weighted by Gasteiger charge is 2.04. The Balaban J connectivity index is 2.97. The monoisotopic (exact) mass is 152 g/mol. The maximum absolute atomic E-state index is 10.5. The van der Waals surface area contributed by atoms with E-state index in [1.165, 1.54) is 0 Å². The van der Waals surface area contributed by atoms with Crippen LogP contribution in [0.1, 0.15) is 29.4 Å². The zero-order valence-electron chi connectivity index (χ0n) is 6.87. The van der Waals surface area contributed by atoms with E-state index in [2.05, 4.69) is 12.0 Å². The maximum Gasteiger partial charge on any atom is 0.153 e. The van der Waals surface area contributed by atoms with Crippen molar-refractivity contribution < 1.29 is 4.79 Å². The number of hydrogen-bond acceptors (Lipinski definition) is 2. The van der Waals surface area contributed by atoms with Gasteiger partial charge in [0.05, 0.1) is 11.8 Å². The molecule has 3 heteroatoms. The zero-order chi connectivity index (χ0) is 8.27. The van der Waals surface area contributed by atoms with Crippen LogP contribution in [-0.4, -0.2) is 16.1 Å². The molecule has 60 valence electrons. The Kier molecular flexibility index (Phi) is 2.41. The van der Waals surface area contributed by atoms with Crippen molar-refractivity contribution in [3.8, 4) is 0 Å². The average molecular weight is 152 g/mol. The molecule has 0 bridgehead atoms. The topological polar surface area (TPSA) is 34.9 Å². The van der Waals surface area contributed by atoms with Gasteiger partial charge in [-0.05, 0) is 6.42 Å². The smallest absolute Gasteiger partial charge is 0.153 e. The van der Waals surface area contributed by atoms with Crippen LogP contribution in [0.25, 0.3) is 0 Å². The minimum absolute atomic E-state index is 0.717. The first-order valence-corrected chi connectivity index (χ1v) is 3.75. The van der Waals surface area contributed by atoms with Crippen LogP contribution in [0.4, 0.5) is 0 Å². The first-order chi connectivity index (χ1) is 5.29. The Morgan fingerprint density at radius 1 is 1.73 bits per heavy atom. The summed E-state index contributed by atoms with van der Waals surface area (Å²) < 4.78 is 1.76. The minimum atomic E-state index is 0.717. The number of carbonyl (C=O) groups excluding carboxylic acids is 1. The normalized spacial score (nSPS) is 10.0. The second-order valence-corrected chi connectivity index (χ2v) is 2.54. The molecule has 1 rings (SSSR count). The standard InChI is InChI=1S/C8H12N2O/c1-3-4-8-7(6-11)5-9-10(8)2/h5-6H,3-4H2,1-2H3. The minimum Gasteiger partial charge on any atom is -0.298 e. The predicted octanol–water partition coefficient (Wildman–Crippen LogP) is 1.19. The van der Waals surface area contributed by atoms with Crippen LogP contribution in [0.2, 0.25) is 0 Å². The highest BCUT2D eigenvalue weighted by molar-refractivity contribution is 5.75. The second-order valence-electron chi connectivity index (χ2n) is 2.54. The molecular formula is C8H12N2O. The fourth-order valence-corrected chi connectivity index (χ4v) is 1.12. The lowest BCUT2D eigenvalue weighted by Gasteiger charge is -1.98. The van der Waals surface area contributed by atoms with E-state index < -0.39 is 0 Å². The van der Waals surface area contributed by atoms with E-state index in [9.17, 15) is 4.79 Å². The van der Waals surface area contributed by atoms with Crippen LogP contribution in [0, 0.1) is 0 Å². The first-order valence-electron chi connectivity index (χ1n) is 3.75. The van der Waals surface area contributed by atoms with E-state index in [0.717, 1.165) is 24.8 Å². The summed E-state index contributed by atoms with van der Waals surface area (Å²) in [5.41, 5.74) is 1.75. The van der Waals surface area contributed by atoms with Crippen molar-refractivity contribution in [3.63, 3.8) is 0 Å². The van der Waals surface area contributed by atoms with Crippen molar-refractivity contribution in [3.05, 3.63) is 17.5 Å². The summed E-state index contributed by atoms with van der Waals surface area (Å²) in [6, 6.07) is 0. The summed E-state index contributed by atoms with van der Waals surface area (Å²) in [5, 5.41) is 3.99. The van der Waals surface area contributed by atoms with Crippen molar-refractivity contribution >= 4 is 6.29 Å². The Morgan fingerprint density at radius 2 is 2.45 bits per heavy atom. The molecule has 0 aliphatic heterocycles. The van der Waals surface area contributed by atoms with Crippen LogP contribution in [-0.2, 0) is 13.5 Å². The third-order valence-electron chi connectivity index (χ3n) is 1.71. The molecule has 1 aromatic heterocycles. The number of aryl methyl sites for hydroxylation is 1. The van der Waals surface area contributed by atoms with E-state index in [0.29, 0.717) is 5.56 Å². The summed E-state index contributed by atoms with van der Waals surface area (Å²) in [6.45, 7) is 2.08. The molecule has 0 aromatic carbocycles. The van der Waals surface area contributed by atoms with Crippen molar-refractivity contribution in [2.45, 2.75) is 19.8 Å². The van der Waals surface area contributed by atoms with Crippen molar-refractivity contribution in [1.29, 1.82) is 0 Å². The molecule has 0 saturated heterocycles. The molecule has 0 unspecified atom stereocenters. The first kappa shape index (κ1) is 7.98. The molecule has 3 nitrogen and oxygen atoms in total. The third kappa shape index (κ3) is 1.48. The Labute approximate surface area is 66.0 Å². The van der Waals surface area contributed by atoms with E-state index in [1.54, 1.807) is 10.9 Å². The van der Waals surface area contributed by atoms with Gasteiger partial charge < -0.3 is 0 Å². The van der Waals surface area contributed by atoms with Crippen LogP contribution in [0.5, 0.6) is 0 Å². The largest absolute Gasteiger partial charge is 0.298 e. The summed E-state index contributed by atoms with van der Waals surface area (Å²) in [5.74, 6) is 0. The summed E-state index contributed by atoms with van der Waals surface area (Å²) in [4.78, 5) is 10.5. The van der Waals surface area contributed by atoms with Gasteiger partial charge in [0.1, 0.15) is 0 Å². The number of hydrogen-bond donors (Lipinski definition) is 0. The molecule has 0 saturated carbocycles. The predicted molar refractivity (Wildman–Crippen MR) is 42.6 cm³/mol.